The van der Waals surface area contributed by atoms with Crippen LogP contribution in [-0.4, -0.2) is 16.1 Å². The van der Waals surface area contributed by atoms with Crippen molar-refractivity contribution in [3.8, 4) is 0 Å². The van der Waals surface area contributed by atoms with Crippen LogP contribution in [0.3, 0.4) is 0 Å². The first-order chi connectivity index (χ1) is 15.7. The van der Waals surface area contributed by atoms with Gasteiger partial charge in [0.05, 0.1) is 13.1 Å². The van der Waals surface area contributed by atoms with E-state index in [9.17, 15) is 9.59 Å². The van der Waals surface area contributed by atoms with E-state index in [1.54, 1.807) is 12.1 Å². The maximum atomic E-state index is 13.5. The Morgan fingerprint density at radius 2 is 1.52 bits per heavy atom. The summed E-state index contributed by atoms with van der Waals surface area (Å²) < 4.78 is 4.00. The van der Waals surface area contributed by atoms with Crippen LogP contribution in [0.25, 0.3) is 10.8 Å². The van der Waals surface area contributed by atoms with E-state index in [1.807, 2.05) is 27.6 Å². The van der Waals surface area contributed by atoms with Gasteiger partial charge in [-0.1, -0.05) is 80.1 Å². The van der Waals surface area contributed by atoms with Gasteiger partial charge in [-0.15, -0.1) is 0 Å². The molecule has 0 N–H and O–H groups in total. The number of ketones is 2. The molecule has 5 rings (SSSR count). The van der Waals surface area contributed by atoms with E-state index < -0.39 is 0 Å². The molecule has 4 nitrogen and oxygen atoms in total. The highest BCUT2D eigenvalue weighted by Crippen LogP contribution is 2.27. The first-order valence-electron chi connectivity index (χ1n) is 11.5. The fourth-order valence-electron chi connectivity index (χ4n) is 4.79. The molecule has 3 aromatic carbocycles. The molecule has 4 aromatic rings. The maximum Gasteiger partial charge on any atom is 0.244 e. The zero-order valence-electron chi connectivity index (χ0n) is 18.8. The summed E-state index contributed by atoms with van der Waals surface area (Å²) in [5, 5.41) is 2.45. The molecule has 0 fully saturated rings. The van der Waals surface area contributed by atoms with Gasteiger partial charge in [0.25, 0.3) is 0 Å². The number of aromatic nitrogens is 2. The molecule has 1 heterocycles. The monoisotopic (exact) mass is 502 g/mol. The van der Waals surface area contributed by atoms with E-state index in [-0.39, 0.29) is 28.5 Å². The Bertz CT molecular complexity index is 1330. The Hall–Kier alpha value is -3.05. The lowest BCUT2D eigenvalue weighted by Gasteiger charge is -2.13. The van der Waals surface area contributed by atoms with Crippen LogP contribution in [0.15, 0.2) is 73.1 Å². The molecule has 0 spiro atoms. The number of rotatable bonds is 7. The van der Waals surface area contributed by atoms with Crippen molar-refractivity contribution >= 4 is 22.3 Å². The average Bonchev–Trinajstić information content (AvgIpc) is 3.20. The Kier molecular flexibility index (Phi) is 6.89. The van der Waals surface area contributed by atoms with Crippen molar-refractivity contribution in [2.45, 2.75) is 45.7 Å². The lowest BCUT2D eigenvalue weighted by Crippen LogP contribution is -3.00. The van der Waals surface area contributed by atoms with Gasteiger partial charge in [-0.25, -0.2) is 9.13 Å². The topological polar surface area (TPSA) is 43.0 Å². The third-order valence-electron chi connectivity index (χ3n) is 6.43. The van der Waals surface area contributed by atoms with Gasteiger partial charge in [0.2, 0.25) is 29.3 Å². The number of halogens is 1. The van der Waals surface area contributed by atoms with Gasteiger partial charge in [-0.2, -0.15) is 0 Å². The molecule has 0 unspecified atom stereocenters. The van der Waals surface area contributed by atoms with Gasteiger partial charge < -0.3 is 17.0 Å². The number of hydrogen-bond donors (Lipinski definition) is 0. The number of nitrogens with zero attached hydrogens (tertiary/aromatic N) is 2. The van der Waals surface area contributed by atoms with E-state index in [0.29, 0.717) is 29.1 Å². The average molecular weight is 503 g/mol. The Morgan fingerprint density at radius 1 is 0.818 bits per heavy atom. The summed E-state index contributed by atoms with van der Waals surface area (Å²) in [4.78, 5) is 26.8. The normalized spacial score (nSPS) is 12.4. The summed E-state index contributed by atoms with van der Waals surface area (Å²) in [6, 6.07) is 21.9. The number of unbranched alkanes of at least 4 members (excludes halogenated alkanes) is 2. The molecule has 0 amide bonds. The van der Waals surface area contributed by atoms with Crippen LogP contribution in [0.4, 0.5) is 0 Å². The van der Waals surface area contributed by atoms with Crippen LogP contribution in [0.2, 0.25) is 0 Å². The van der Waals surface area contributed by atoms with E-state index in [0.717, 1.165) is 32.2 Å². The second kappa shape index (κ2) is 9.84. The smallest absolute Gasteiger partial charge is 0.244 e. The molecule has 1 aromatic heterocycles. The summed E-state index contributed by atoms with van der Waals surface area (Å²) >= 11 is 0. The van der Waals surface area contributed by atoms with Crippen molar-refractivity contribution in [3.05, 3.63) is 101 Å². The number of carbonyl (C=O) groups excluding carboxylic acids is 2. The summed E-state index contributed by atoms with van der Waals surface area (Å²) in [7, 11) is 0. The minimum Gasteiger partial charge on any atom is -1.00 e. The van der Waals surface area contributed by atoms with Gasteiger partial charge in [-0.05, 0) is 29.2 Å². The zero-order valence-corrected chi connectivity index (χ0v) is 20.3. The molecule has 0 atom stereocenters. The van der Waals surface area contributed by atoms with Crippen LogP contribution < -0.4 is 21.5 Å². The van der Waals surface area contributed by atoms with Crippen molar-refractivity contribution in [2.24, 2.45) is 0 Å². The standard InChI is InChI=1S/C28H27N2O2.BrH/c1-2-3-8-17-29-19-30(18-16-21-12-9-11-20-10-4-5-13-22(20)21)26-25(29)27(31)23-14-6-7-15-24(23)28(26)32;/h4-7,9-15,19H,2-3,8,16-18H2,1H3;1H/q+1;/p-1. The van der Waals surface area contributed by atoms with Crippen LogP contribution in [0, 0.1) is 0 Å². The third kappa shape index (κ3) is 4.18. The zero-order chi connectivity index (χ0) is 22.1. The first-order valence-corrected chi connectivity index (χ1v) is 11.5. The van der Waals surface area contributed by atoms with Gasteiger partial charge in [0.1, 0.15) is 0 Å². The number of carbonyl (C=O) groups is 2. The highest BCUT2D eigenvalue weighted by Gasteiger charge is 2.40. The third-order valence-corrected chi connectivity index (χ3v) is 6.43. The largest absolute Gasteiger partial charge is 1.00 e. The highest BCUT2D eigenvalue weighted by molar-refractivity contribution is 6.26. The second-order valence-electron chi connectivity index (χ2n) is 8.50. The second-order valence-corrected chi connectivity index (χ2v) is 8.50. The van der Waals surface area contributed by atoms with Crippen molar-refractivity contribution in [3.63, 3.8) is 0 Å². The van der Waals surface area contributed by atoms with Gasteiger partial charge in [-0.3, -0.25) is 9.59 Å². The molecule has 1 aliphatic rings. The van der Waals surface area contributed by atoms with Crippen molar-refractivity contribution in [2.75, 3.05) is 0 Å². The van der Waals surface area contributed by atoms with Crippen molar-refractivity contribution < 1.29 is 31.1 Å². The number of fused-ring (bicyclic) bond motifs is 3. The molecule has 0 saturated carbocycles. The quantitative estimate of drug-likeness (QED) is 0.253. The molecule has 168 valence electrons. The maximum absolute atomic E-state index is 13.5. The SMILES string of the molecule is CCCCC[n+]1cn(CCc2cccc3ccccc23)c2c1C(=O)c1ccccc1C2=O.[Br-]. The summed E-state index contributed by atoms with van der Waals surface area (Å²) in [5.74, 6) is -0.0991. The molecular weight excluding hydrogens is 476 g/mol. The molecule has 5 heteroatoms. The van der Waals surface area contributed by atoms with Crippen molar-refractivity contribution in [1.29, 1.82) is 0 Å². The van der Waals surface area contributed by atoms with Gasteiger partial charge in [0.15, 0.2) is 0 Å². The molecule has 1 aliphatic carbocycles. The summed E-state index contributed by atoms with van der Waals surface area (Å²) in [6.07, 6.45) is 5.97. The van der Waals surface area contributed by atoms with Crippen molar-refractivity contribution in [1.82, 2.24) is 4.57 Å². The number of benzene rings is 3. The highest BCUT2D eigenvalue weighted by atomic mass is 79.9. The molecule has 0 saturated heterocycles. The van der Waals surface area contributed by atoms with Crippen LogP contribution in [0.5, 0.6) is 0 Å². The lowest BCUT2D eigenvalue weighted by molar-refractivity contribution is -0.698. The first kappa shape index (κ1) is 23.1. The number of hydrogen-bond acceptors (Lipinski definition) is 2. The molecule has 33 heavy (non-hydrogen) atoms. The van der Waals surface area contributed by atoms with Crippen LogP contribution in [-0.2, 0) is 19.5 Å². The van der Waals surface area contributed by atoms with E-state index in [1.165, 1.54) is 16.3 Å². The number of aryl methyl sites for hydroxylation is 3. The summed E-state index contributed by atoms with van der Waals surface area (Å²) in [6.45, 7) is 3.57. The molecule has 0 aliphatic heterocycles. The van der Waals surface area contributed by atoms with E-state index in [4.69, 9.17) is 0 Å². The fourth-order valence-corrected chi connectivity index (χ4v) is 4.79. The minimum absolute atomic E-state index is 0. The minimum atomic E-state index is -0.0534. The predicted molar refractivity (Wildman–Crippen MR) is 125 cm³/mol. The fraction of sp³-hybridized carbons (Fsp3) is 0.250. The van der Waals surface area contributed by atoms with Gasteiger partial charge >= 0.3 is 0 Å². The molecular formula is C28H27BrN2O2. The lowest BCUT2D eigenvalue weighted by atomic mass is 9.90. The molecule has 0 radical (unpaired) electrons. The van der Waals surface area contributed by atoms with E-state index in [2.05, 4.69) is 49.4 Å². The summed E-state index contributed by atoms with van der Waals surface area (Å²) in [5.41, 5.74) is 3.35. The van der Waals surface area contributed by atoms with E-state index >= 15 is 0 Å². The van der Waals surface area contributed by atoms with Gasteiger partial charge in [0, 0.05) is 17.5 Å². The Balaban J connectivity index is 0.00000259. The van der Waals surface area contributed by atoms with Crippen LogP contribution in [0.1, 0.15) is 63.9 Å². The predicted octanol–water partition coefficient (Wildman–Crippen LogP) is 2.14. The Labute approximate surface area is 204 Å². The van der Waals surface area contributed by atoms with Crippen LogP contribution >= 0.6 is 0 Å². The Morgan fingerprint density at radius 3 is 2.30 bits per heavy atom. The number of imidazole rings is 1. The molecule has 0 bridgehead atoms.